The molecule has 24 heavy (non-hydrogen) atoms. The quantitative estimate of drug-likeness (QED) is 0.298. The van der Waals surface area contributed by atoms with Crippen LogP contribution >= 0.6 is 11.6 Å². The van der Waals surface area contributed by atoms with E-state index < -0.39 is 5.91 Å². The molecule has 0 unspecified atom stereocenters. The number of benzene rings is 4. The second-order valence-electron chi connectivity index (χ2n) is 5.86. The normalized spacial score (nSPS) is 10.8. The maximum Gasteiger partial charge on any atom is 0.243 e. The first kappa shape index (κ1) is 16.3. The zero-order valence-corrected chi connectivity index (χ0v) is 14.2. The smallest absolute Gasteiger partial charge is 0.243 e. The third-order valence-electron chi connectivity index (χ3n) is 4.16. The molecule has 1 amide bonds. The van der Waals surface area contributed by atoms with Crippen molar-refractivity contribution in [2.75, 3.05) is 0 Å². The molecule has 0 fully saturated rings. The molecule has 4 aromatic carbocycles. The lowest BCUT2D eigenvalue weighted by Gasteiger charge is -2.13. The highest BCUT2D eigenvalue weighted by atomic mass is 35.5. The SMILES string of the molecule is C=C(C)C(N)=O.ClCc1cc2cccc3ccc4cccc1c4c32. The predicted octanol–water partition coefficient (Wildman–Crippen LogP) is 5.37. The number of carbonyl (C=O) groups excluding carboxylic acids is 1. The average Bonchev–Trinajstić information content (AvgIpc) is 2.60. The maximum absolute atomic E-state index is 9.82. The third kappa shape index (κ3) is 2.81. The highest BCUT2D eigenvalue weighted by molar-refractivity contribution is 6.25. The summed E-state index contributed by atoms with van der Waals surface area (Å²) in [6.45, 7) is 4.85. The molecule has 0 heterocycles. The summed E-state index contributed by atoms with van der Waals surface area (Å²) in [5, 5.41) is 7.88. The molecule has 120 valence electrons. The molecule has 0 aliphatic rings. The molecule has 0 aliphatic heterocycles. The van der Waals surface area contributed by atoms with Crippen LogP contribution in [-0.4, -0.2) is 5.91 Å². The molecule has 0 radical (unpaired) electrons. The summed E-state index contributed by atoms with van der Waals surface area (Å²) in [5.41, 5.74) is 6.31. The Labute approximate surface area is 145 Å². The minimum atomic E-state index is -0.435. The molecule has 4 rings (SSSR count). The van der Waals surface area contributed by atoms with Gasteiger partial charge < -0.3 is 5.73 Å². The molecule has 0 spiro atoms. The topological polar surface area (TPSA) is 43.1 Å². The monoisotopic (exact) mass is 335 g/mol. The van der Waals surface area contributed by atoms with E-state index in [4.69, 9.17) is 17.3 Å². The van der Waals surface area contributed by atoms with Crippen molar-refractivity contribution in [3.8, 4) is 0 Å². The Balaban J connectivity index is 0.000000246. The minimum absolute atomic E-state index is 0.398. The van der Waals surface area contributed by atoms with Crippen molar-refractivity contribution in [1.82, 2.24) is 0 Å². The van der Waals surface area contributed by atoms with E-state index in [2.05, 4.69) is 61.2 Å². The molecule has 3 heteroatoms. The first-order valence-corrected chi connectivity index (χ1v) is 8.23. The van der Waals surface area contributed by atoms with Crippen LogP contribution < -0.4 is 5.73 Å². The van der Waals surface area contributed by atoms with Crippen molar-refractivity contribution in [3.05, 3.63) is 72.3 Å². The molecular weight excluding hydrogens is 318 g/mol. The van der Waals surface area contributed by atoms with Crippen molar-refractivity contribution in [1.29, 1.82) is 0 Å². The number of carbonyl (C=O) groups is 1. The summed E-state index contributed by atoms with van der Waals surface area (Å²) in [5.74, 6) is 0.124. The van der Waals surface area contributed by atoms with Gasteiger partial charge in [-0.05, 0) is 50.9 Å². The number of hydrogen-bond donors (Lipinski definition) is 1. The van der Waals surface area contributed by atoms with Gasteiger partial charge in [0.15, 0.2) is 0 Å². The van der Waals surface area contributed by atoms with E-state index in [1.807, 2.05) is 0 Å². The predicted molar refractivity (Wildman–Crippen MR) is 104 cm³/mol. The largest absolute Gasteiger partial charge is 0.366 e. The molecule has 0 aliphatic carbocycles. The van der Waals surface area contributed by atoms with Gasteiger partial charge in [-0.3, -0.25) is 4.79 Å². The Morgan fingerprint density at radius 2 is 1.54 bits per heavy atom. The van der Waals surface area contributed by atoms with Crippen LogP contribution in [0.2, 0.25) is 0 Å². The third-order valence-corrected chi connectivity index (χ3v) is 4.45. The van der Waals surface area contributed by atoms with Crippen molar-refractivity contribution >= 4 is 49.8 Å². The van der Waals surface area contributed by atoms with Gasteiger partial charge in [0.1, 0.15) is 0 Å². The Morgan fingerprint density at radius 3 is 2.12 bits per heavy atom. The first-order valence-electron chi connectivity index (χ1n) is 7.69. The number of amides is 1. The minimum Gasteiger partial charge on any atom is -0.366 e. The summed E-state index contributed by atoms with van der Waals surface area (Å²) in [4.78, 5) is 9.82. The number of primary amides is 1. The van der Waals surface area contributed by atoms with E-state index in [1.54, 1.807) is 6.92 Å². The Hall–Kier alpha value is -2.58. The van der Waals surface area contributed by atoms with Gasteiger partial charge in [0.2, 0.25) is 5.91 Å². The number of nitrogens with two attached hydrogens (primary N) is 1. The first-order chi connectivity index (χ1) is 11.5. The van der Waals surface area contributed by atoms with E-state index >= 15 is 0 Å². The summed E-state index contributed by atoms with van der Waals surface area (Å²) in [6.07, 6.45) is 0. The van der Waals surface area contributed by atoms with Gasteiger partial charge in [-0.1, -0.05) is 55.1 Å². The molecular formula is C21H18ClNO. The van der Waals surface area contributed by atoms with E-state index in [0.29, 0.717) is 11.5 Å². The van der Waals surface area contributed by atoms with Gasteiger partial charge in [0.05, 0.1) is 0 Å². The van der Waals surface area contributed by atoms with Crippen molar-refractivity contribution in [2.45, 2.75) is 12.8 Å². The molecule has 0 atom stereocenters. The molecule has 0 bridgehead atoms. The van der Waals surface area contributed by atoms with Crippen molar-refractivity contribution in [3.63, 3.8) is 0 Å². The fourth-order valence-corrected chi connectivity index (χ4v) is 3.17. The van der Waals surface area contributed by atoms with Gasteiger partial charge in [-0.2, -0.15) is 0 Å². The van der Waals surface area contributed by atoms with E-state index in [1.165, 1.54) is 37.9 Å². The van der Waals surface area contributed by atoms with E-state index in [-0.39, 0.29) is 0 Å². The van der Waals surface area contributed by atoms with Gasteiger partial charge in [0, 0.05) is 11.5 Å². The van der Waals surface area contributed by atoms with Crippen LogP contribution in [0.25, 0.3) is 32.3 Å². The lowest BCUT2D eigenvalue weighted by Crippen LogP contribution is -2.10. The lowest BCUT2D eigenvalue weighted by atomic mass is 9.92. The zero-order chi connectivity index (χ0) is 17.3. The molecule has 2 nitrogen and oxygen atoms in total. The van der Waals surface area contributed by atoms with Crippen molar-refractivity contribution < 1.29 is 4.79 Å². The van der Waals surface area contributed by atoms with Gasteiger partial charge >= 0.3 is 0 Å². The van der Waals surface area contributed by atoms with Gasteiger partial charge in [0.25, 0.3) is 0 Å². The van der Waals surface area contributed by atoms with Crippen molar-refractivity contribution in [2.24, 2.45) is 5.73 Å². The number of halogens is 1. The second-order valence-corrected chi connectivity index (χ2v) is 6.13. The Morgan fingerprint density at radius 1 is 1.00 bits per heavy atom. The van der Waals surface area contributed by atoms with E-state index in [0.717, 1.165) is 0 Å². The van der Waals surface area contributed by atoms with E-state index in [9.17, 15) is 4.79 Å². The summed E-state index contributed by atoms with van der Waals surface area (Å²) >= 11 is 6.10. The highest BCUT2D eigenvalue weighted by Gasteiger charge is 2.10. The molecule has 0 saturated heterocycles. The number of rotatable bonds is 2. The van der Waals surface area contributed by atoms with Crippen LogP contribution in [0.4, 0.5) is 0 Å². The van der Waals surface area contributed by atoms with Crippen LogP contribution in [0.15, 0.2) is 66.7 Å². The standard InChI is InChI=1S/C17H11Cl.C4H7NO/c18-10-14-9-13-5-1-3-11-7-8-12-4-2-6-15(14)17(12)16(11)13;1-3(2)4(5)6/h1-9H,10H2;1H2,2H3,(H2,5,6). The van der Waals surface area contributed by atoms with Crippen LogP contribution in [0, 0.1) is 0 Å². The van der Waals surface area contributed by atoms with Crippen LogP contribution in [0.3, 0.4) is 0 Å². The van der Waals surface area contributed by atoms with Gasteiger partial charge in [-0.25, -0.2) is 0 Å². The number of hydrogen-bond acceptors (Lipinski definition) is 1. The zero-order valence-electron chi connectivity index (χ0n) is 13.5. The maximum atomic E-state index is 9.82. The van der Waals surface area contributed by atoms with Crippen LogP contribution in [-0.2, 0) is 10.7 Å². The molecule has 0 saturated carbocycles. The fraction of sp³-hybridized carbons (Fsp3) is 0.0952. The Kier molecular flexibility index (Phi) is 4.41. The van der Waals surface area contributed by atoms with Crippen LogP contribution in [0.1, 0.15) is 12.5 Å². The summed E-state index contributed by atoms with van der Waals surface area (Å²) in [7, 11) is 0. The van der Waals surface area contributed by atoms with Crippen LogP contribution in [0.5, 0.6) is 0 Å². The summed E-state index contributed by atoms with van der Waals surface area (Å²) < 4.78 is 0. The Bertz CT molecular complexity index is 1040. The highest BCUT2D eigenvalue weighted by Crippen LogP contribution is 2.36. The lowest BCUT2D eigenvalue weighted by molar-refractivity contribution is -0.114. The molecule has 0 aromatic heterocycles. The molecule has 4 aromatic rings. The van der Waals surface area contributed by atoms with Gasteiger partial charge in [-0.15, -0.1) is 11.6 Å². The number of alkyl halides is 1. The molecule has 2 N–H and O–H groups in total. The fourth-order valence-electron chi connectivity index (χ4n) is 2.95. The second kappa shape index (κ2) is 6.50. The average molecular weight is 336 g/mol. The summed E-state index contributed by atoms with van der Waals surface area (Å²) in [6, 6.07) is 19.5.